The molecule has 2 aromatic carbocycles. The molecule has 0 radical (unpaired) electrons. The van der Waals surface area contributed by atoms with Gasteiger partial charge < -0.3 is 9.64 Å². The van der Waals surface area contributed by atoms with Gasteiger partial charge >= 0.3 is 0 Å². The topological polar surface area (TPSA) is 15.7 Å². The maximum absolute atomic E-state index is 5.77. The van der Waals surface area contributed by atoms with E-state index in [1.807, 2.05) is 12.1 Å². The van der Waals surface area contributed by atoms with Crippen LogP contribution in [-0.2, 0) is 6.54 Å². The molecule has 0 saturated carbocycles. The minimum absolute atomic E-state index is 0.792. The monoisotopic (exact) mass is 482 g/mol. The number of benzene rings is 2. The van der Waals surface area contributed by atoms with Gasteiger partial charge in [0, 0.05) is 37.2 Å². The third-order valence-corrected chi connectivity index (χ3v) is 5.88. The first-order valence-electron chi connectivity index (χ1n) is 8.17. The molecule has 1 aliphatic heterocycles. The van der Waals surface area contributed by atoms with Gasteiger partial charge in [-0.1, -0.05) is 58.5 Å². The highest BCUT2D eigenvalue weighted by molar-refractivity contribution is 9.11. The Hall–Kier alpha value is -0.950. The van der Waals surface area contributed by atoms with E-state index in [0.29, 0.717) is 0 Å². The highest BCUT2D eigenvalue weighted by Gasteiger charge is 2.23. The summed E-state index contributed by atoms with van der Waals surface area (Å²) in [5.74, 6) is 0.792. The average Bonchev–Trinajstić information content (AvgIpc) is 2.62. The Morgan fingerprint density at radius 2 is 1.76 bits per heavy atom. The van der Waals surface area contributed by atoms with E-state index in [-0.39, 0.29) is 0 Å². The molecule has 132 valence electrons. The summed E-state index contributed by atoms with van der Waals surface area (Å²) >= 11 is 12.9. The van der Waals surface area contributed by atoms with E-state index in [1.165, 1.54) is 5.56 Å². The van der Waals surface area contributed by atoms with Crippen molar-refractivity contribution in [3.63, 3.8) is 0 Å². The quantitative estimate of drug-likeness (QED) is 0.584. The van der Waals surface area contributed by atoms with Crippen LogP contribution in [0.15, 0.2) is 51.4 Å². The van der Waals surface area contributed by atoms with Gasteiger partial charge in [-0.25, -0.2) is 0 Å². The van der Waals surface area contributed by atoms with Crippen LogP contribution in [0.25, 0.3) is 0 Å². The van der Waals surface area contributed by atoms with E-state index in [0.717, 1.165) is 58.0 Å². The zero-order chi connectivity index (χ0) is 17.8. The minimum Gasteiger partial charge on any atom is -0.495 e. The lowest BCUT2D eigenvalue weighted by Crippen LogP contribution is -2.48. The van der Waals surface area contributed by atoms with E-state index < -0.39 is 0 Å². The lowest BCUT2D eigenvalue weighted by molar-refractivity contribution is 0.177. The molecule has 0 N–H and O–H groups in total. The fourth-order valence-electron chi connectivity index (χ4n) is 3.05. The minimum atomic E-state index is 0.792. The predicted octanol–water partition coefficient (Wildman–Crippen LogP) is 4.71. The first kappa shape index (κ1) is 18.8. The van der Waals surface area contributed by atoms with Crippen molar-refractivity contribution >= 4 is 49.1 Å². The summed E-state index contributed by atoms with van der Waals surface area (Å²) < 4.78 is 7.44. The smallest absolute Gasteiger partial charge is 0.143 e. The van der Waals surface area contributed by atoms with Crippen molar-refractivity contribution in [2.45, 2.75) is 6.54 Å². The summed E-state index contributed by atoms with van der Waals surface area (Å²) in [6.45, 7) is 4.87. The van der Waals surface area contributed by atoms with Crippen LogP contribution in [0.2, 0.25) is 0 Å². The molecule has 6 heteroatoms. The van der Waals surface area contributed by atoms with Crippen molar-refractivity contribution in [3.8, 4) is 5.75 Å². The van der Waals surface area contributed by atoms with Gasteiger partial charge in [0.25, 0.3) is 0 Å². The summed E-state index contributed by atoms with van der Waals surface area (Å²) in [6.07, 6.45) is 0. The molecule has 1 saturated heterocycles. The number of thiocarbonyl (C=S) groups is 1. The van der Waals surface area contributed by atoms with Crippen molar-refractivity contribution < 1.29 is 4.74 Å². The molecule has 0 unspecified atom stereocenters. The zero-order valence-electron chi connectivity index (χ0n) is 14.0. The number of rotatable bonds is 4. The standard InChI is InChI=1S/C19H20Br2N2OS/c1-24-18-16(11-15(20)12-17(18)21)19(25)23-9-7-22(8-10-23)13-14-5-3-2-4-6-14/h2-6,11-12H,7-10,13H2,1H3. The fourth-order valence-corrected chi connectivity index (χ4v) is 4.77. The van der Waals surface area contributed by atoms with Gasteiger partial charge in [-0.15, -0.1) is 0 Å². The Morgan fingerprint density at radius 3 is 2.40 bits per heavy atom. The van der Waals surface area contributed by atoms with Gasteiger partial charge in [-0.05, 0) is 33.6 Å². The molecule has 1 heterocycles. The van der Waals surface area contributed by atoms with Crippen LogP contribution in [0.5, 0.6) is 5.75 Å². The molecule has 3 rings (SSSR count). The molecular weight excluding hydrogens is 464 g/mol. The van der Waals surface area contributed by atoms with Crippen molar-refractivity contribution in [2.24, 2.45) is 0 Å². The van der Waals surface area contributed by atoms with Crippen molar-refractivity contribution in [2.75, 3.05) is 33.3 Å². The van der Waals surface area contributed by atoms with E-state index in [1.54, 1.807) is 7.11 Å². The molecule has 0 aromatic heterocycles. The van der Waals surface area contributed by atoms with Crippen LogP contribution in [0, 0.1) is 0 Å². The predicted molar refractivity (Wildman–Crippen MR) is 113 cm³/mol. The van der Waals surface area contributed by atoms with Gasteiger partial charge in [-0.2, -0.15) is 0 Å². The fraction of sp³-hybridized carbons (Fsp3) is 0.316. The number of ether oxygens (including phenoxy) is 1. The largest absolute Gasteiger partial charge is 0.495 e. The molecule has 0 atom stereocenters. The number of hydrogen-bond donors (Lipinski definition) is 0. The molecule has 2 aromatic rings. The summed E-state index contributed by atoms with van der Waals surface area (Å²) in [5.41, 5.74) is 2.31. The second-order valence-electron chi connectivity index (χ2n) is 6.02. The van der Waals surface area contributed by atoms with Gasteiger partial charge in [0.1, 0.15) is 10.7 Å². The van der Waals surface area contributed by atoms with Crippen molar-refractivity contribution in [1.82, 2.24) is 9.80 Å². The Kier molecular flexibility index (Phi) is 6.49. The van der Waals surface area contributed by atoms with Crippen LogP contribution in [0.4, 0.5) is 0 Å². The number of halogens is 2. The normalized spacial score (nSPS) is 15.2. The number of hydrogen-bond acceptors (Lipinski definition) is 3. The van der Waals surface area contributed by atoms with Crippen LogP contribution in [-0.4, -0.2) is 48.1 Å². The molecular formula is C19H20Br2N2OS. The lowest BCUT2D eigenvalue weighted by Gasteiger charge is -2.36. The van der Waals surface area contributed by atoms with Crippen molar-refractivity contribution in [3.05, 3.63) is 62.5 Å². The highest BCUT2D eigenvalue weighted by Crippen LogP contribution is 2.34. The summed E-state index contributed by atoms with van der Waals surface area (Å²) in [4.78, 5) is 5.59. The first-order valence-corrected chi connectivity index (χ1v) is 10.2. The second kappa shape index (κ2) is 8.62. The number of nitrogens with zero attached hydrogens (tertiary/aromatic N) is 2. The van der Waals surface area contributed by atoms with Crippen LogP contribution in [0.1, 0.15) is 11.1 Å². The van der Waals surface area contributed by atoms with Crippen LogP contribution >= 0.6 is 44.1 Å². The molecule has 25 heavy (non-hydrogen) atoms. The Morgan fingerprint density at radius 1 is 1.08 bits per heavy atom. The first-order chi connectivity index (χ1) is 12.1. The number of piperazine rings is 1. The maximum atomic E-state index is 5.77. The van der Waals surface area contributed by atoms with E-state index in [9.17, 15) is 0 Å². The molecule has 0 amide bonds. The molecule has 1 fully saturated rings. The molecule has 0 bridgehead atoms. The maximum Gasteiger partial charge on any atom is 0.143 e. The molecule has 0 aliphatic carbocycles. The highest BCUT2D eigenvalue weighted by atomic mass is 79.9. The third kappa shape index (κ3) is 4.61. The molecule has 3 nitrogen and oxygen atoms in total. The summed E-state index contributed by atoms with van der Waals surface area (Å²) in [7, 11) is 1.68. The molecule has 1 aliphatic rings. The van der Waals surface area contributed by atoms with Gasteiger partial charge in [0.2, 0.25) is 0 Å². The lowest BCUT2D eigenvalue weighted by atomic mass is 10.1. The summed E-state index contributed by atoms with van der Waals surface area (Å²) in [6, 6.07) is 14.6. The Labute approximate surface area is 171 Å². The van der Waals surface area contributed by atoms with E-state index in [2.05, 4.69) is 72.0 Å². The van der Waals surface area contributed by atoms with Gasteiger partial charge in [-0.3, -0.25) is 4.90 Å². The third-order valence-electron chi connectivity index (χ3n) is 4.35. The van der Waals surface area contributed by atoms with Crippen molar-refractivity contribution in [1.29, 1.82) is 0 Å². The van der Waals surface area contributed by atoms with Gasteiger partial charge in [0.15, 0.2) is 0 Å². The molecule has 0 spiro atoms. The summed E-state index contributed by atoms with van der Waals surface area (Å²) in [5, 5.41) is 0. The van der Waals surface area contributed by atoms with Crippen LogP contribution < -0.4 is 4.74 Å². The van der Waals surface area contributed by atoms with Gasteiger partial charge in [0.05, 0.1) is 17.1 Å². The SMILES string of the molecule is COc1c(Br)cc(Br)cc1C(=S)N1CCN(Cc2ccccc2)CC1. The Bertz CT molecular complexity index is 747. The van der Waals surface area contributed by atoms with E-state index >= 15 is 0 Å². The zero-order valence-corrected chi connectivity index (χ0v) is 18.0. The van der Waals surface area contributed by atoms with Crippen LogP contribution in [0.3, 0.4) is 0 Å². The number of methoxy groups -OCH3 is 1. The second-order valence-corrected chi connectivity index (χ2v) is 8.18. The van der Waals surface area contributed by atoms with E-state index in [4.69, 9.17) is 17.0 Å². The Balaban J connectivity index is 1.66. The average molecular weight is 484 g/mol.